The topological polar surface area (TPSA) is 70.2 Å². The van der Waals surface area contributed by atoms with E-state index in [-0.39, 0.29) is 24.6 Å². The van der Waals surface area contributed by atoms with E-state index in [4.69, 9.17) is 0 Å². The van der Waals surface area contributed by atoms with Crippen LogP contribution in [0.4, 0.5) is 13.6 Å². The smallest absolute Gasteiger partial charge is 0.315 e. The molecule has 0 heterocycles. The molecule has 3 N–H and O–H groups in total. The van der Waals surface area contributed by atoms with Gasteiger partial charge in [0.25, 0.3) is 0 Å². The molecule has 116 valence electrons. The standard InChI is InChI=1S/C14H19F2N3O2/c1-9(2)6-17-13(20)8-19-14(21)18-7-10-5-11(15)3-4-12(10)16/h3-5,9H,6-8H2,1-2H3,(H,17,20)(H2,18,19,21). The highest BCUT2D eigenvalue weighted by Gasteiger charge is 2.08. The van der Waals surface area contributed by atoms with Crippen LogP contribution in [0.25, 0.3) is 0 Å². The van der Waals surface area contributed by atoms with Crippen LogP contribution in [-0.2, 0) is 11.3 Å². The lowest BCUT2D eigenvalue weighted by Gasteiger charge is -2.10. The van der Waals surface area contributed by atoms with Gasteiger partial charge in [0.15, 0.2) is 0 Å². The number of hydrogen-bond acceptors (Lipinski definition) is 2. The molecule has 5 nitrogen and oxygen atoms in total. The van der Waals surface area contributed by atoms with Gasteiger partial charge in [0, 0.05) is 18.7 Å². The monoisotopic (exact) mass is 299 g/mol. The Morgan fingerprint density at radius 2 is 1.86 bits per heavy atom. The van der Waals surface area contributed by atoms with Crippen molar-refractivity contribution in [3.05, 3.63) is 35.4 Å². The molecule has 21 heavy (non-hydrogen) atoms. The molecule has 0 aliphatic heterocycles. The second-order valence-corrected chi connectivity index (χ2v) is 4.97. The number of urea groups is 1. The second-order valence-electron chi connectivity index (χ2n) is 4.97. The van der Waals surface area contributed by atoms with Crippen molar-refractivity contribution in [1.82, 2.24) is 16.0 Å². The number of nitrogens with one attached hydrogen (secondary N) is 3. The number of carbonyl (C=O) groups excluding carboxylic acids is 2. The Hall–Kier alpha value is -2.18. The first-order valence-electron chi connectivity index (χ1n) is 6.60. The maximum atomic E-state index is 13.3. The fraction of sp³-hybridized carbons (Fsp3) is 0.429. The van der Waals surface area contributed by atoms with Crippen LogP contribution < -0.4 is 16.0 Å². The molecule has 1 rings (SSSR count). The largest absolute Gasteiger partial charge is 0.354 e. The molecule has 0 fully saturated rings. The van der Waals surface area contributed by atoms with E-state index in [0.29, 0.717) is 12.5 Å². The Morgan fingerprint density at radius 1 is 1.14 bits per heavy atom. The zero-order valence-corrected chi connectivity index (χ0v) is 12.0. The van der Waals surface area contributed by atoms with Gasteiger partial charge in [-0.15, -0.1) is 0 Å². The molecule has 1 aromatic rings. The summed E-state index contributed by atoms with van der Waals surface area (Å²) in [7, 11) is 0. The molecule has 0 aliphatic rings. The van der Waals surface area contributed by atoms with Gasteiger partial charge >= 0.3 is 6.03 Å². The highest BCUT2D eigenvalue weighted by Crippen LogP contribution is 2.08. The molecule has 7 heteroatoms. The number of halogens is 2. The molecule has 0 bridgehead atoms. The van der Waals surface area contributed by atoms with Crippen molar-refractivity contribution in [3.63, 3.8) is 0 Å². The quantitative estimate of drug-likeness (QED) is 0.745. The third-order valence-electron chi connectivity index (χ3n) is 2.56. The van der Waals surface area contributed by atoms with Gasteiger partial charge in [-0.05, 0) is 24.1 Å². The van der Waals surface area contributed by atoms with Crippen molar-refractivity contribution in [2.45, 2.75) is 20.4 Å². The number of rotatable bonds is 6. The van der Waals surface area contributed by atoms with E-state index in [9.17, 15) is 18.4 Å². The zero-order valence-electron chi connectivity index (χ0n) is 12.0. The molecule has 3 amide bonds. The minimum Gasteiger partial charge on any atom is -0.354 e. The van der Waals surface area contributed by atoms with Crippen LogP contribution in [0.1, 0.15) is 19.4 Å². The molecular formula is C14H19F2N3O2. The zero-order chi connectivity index (χ0) is 15.8. The summed E-state index contributed by atoms with van der Waals surface area (Å²) in [4.78, 5) is 22.8. The molecular weight excluding hydrogens is 280 g/mol. The van der Waals surface area contributed by atoms with Crippen molar-refractivity contribution in [3.8, 4) is 0 Å². The van der Waals surface area contributed by atoms with Crippen LogP contribution in [0.15, 0.2) is 18.2 Å². The van der Waals surface area contributed by atoms with E-state index < -0.39 is 17.7 Å². The molecule has 0 atom stereocenters. The summed E-state index contributed by atoms with van der Waals surface area (Å²) in [6.45, 7) is 4.09. The van der Waals surface area contributed by atoms with Crippen LogP contribution in [0.3, 0.4) is 0 Å². The van der Waals surface area contributed by atoms with Gasteiger partial charge in [-0.25, -0.2) is 13.6 Å². The molecule has 0 aromatic heterocycles. The van der Waals surface area contributed by atoms with Gasteiger partial charge < -0.3 is 16.0 Å². The summed E-state index contributed by atoms with van der Waals surface area (Å²) >= 11 is 0. The van der Waals surface area contributed by atoms with Gasteiger partial charge in [0.05, 0.1) is 6.54 Å². The number of carbonyl (C=O) groups is 2. The molecule has 0 saturated heterocycles. The third kappa shape index (κ3) is 6.69. The van der Waals surface area contributed by atoms with Gasteiger partial charge in [0.2, 0.25) is 5.91 Å². The summed E-state index contributed by atoms with van der Waals surface area (Å²) in [5.41, 5.74) is 0.0365. The van der Waals surface area contributed by atoms with Crippen molar-refractivity contribution in [2.75, 3.05) is 13.1 Å². The van der Waals surface area contributed by atoms with E-state index in [1.807, 2.05) is 13.8 Å². The van der Waals surface area contributed by atoms with E-state index in [0.717, 1.165) is 18.2 Å². The Morgan fingerprint density at radius 3 is 2.52 bits per heavy atom. The highest BCUT2D eigenvalue weighted by atomic mass is 19.1. The third-order valence-corrected chi connectivity index (χ3v) is 2.56. The SMILES string of the molecule is CC(C)CNC(=O)CNC(=O)NCc1cc(F)ccc1F. The molecule has 0 unspecified atom stereocenters. The van der Waals surface area contributed by atoms with Crippen molar-refractivity contribution in [2.24, 2.45) is 5.92 Å². The van der Waals surface area contributed by atoms with Crippen molar-refractivity contribution in [1.29, 1.82) is 0 Å². The maximum Gasteiger partial charge on any atom is 0.315 e. The Balaban J connectivity index is 2.31. The molecule has 0 radical (unpaired) electrons. The first kappa shape index (κ1) is 16.9. The number of benzene rings is 1. The van der Waals surface area contributed by atoms with E-state index >= 15 is 0 Å². The first-order valence-corrected chi connectivity index (χ1v) is 6.60. The van der Waals surface area contributed by atoms with Gasteiger partial charge in [0.1, 0.15) is 11.6 Å². The van der Waals surface area contributed by atoms with Crippen LogP contribution in [-0.4, -0.2) is 25.0 Å². The summed E-state index contributed by atoms with van der Waals surface area (Å²) in [6.07, 6.45) is 0. The second kappa shape index (κ2) is 8.18. The van der Waals surface area contributed by atoms with Crippen molar-refractivity contribution >= 4 is 11.9 Å². The fourth-order valence-corrected chi connectivity index (χ4v) is 1.46. The van der Waals surface area contributed by atoms with E-state index in [1.165, 1.54) is 0 Å². The van der Waals surface area contributed by atoms with Crippen molar-refractivity contribution < 1.29 is 18.4 Å². The Labute approximate surface area is 122 Å². The summed E-state index contributed by atoms with van der Waals surface area (Å²) < 4.78 is 26.2. The normalized spacial score (nSPS) is 10.3. The summed E-state index contributed by atoms with van der Waals surface area (Å²) in [5, 5.41) is 7.32. The van der Waals surface area contributed by atoms with Gasteiger partial charge in [-0.2, -0.15) is 0 Å². The average molecular weight is 299 g/mol. The van der Waals surface area contributed by atoms with Crippen LogP contribution in [0, 0.1) is 17.6 Å². The predicted molar refractivity (Wildman–Crippen MR) is 74.4 cm³/mol. The van der Waals surface area contributed by atoms with Gasteiger partial charge in [-0.3, -0.25) is 4.79 Å². The molecule has 0 aliphatic carbocycles. The Kier molecular flexibility index (Phi) is 6.58. The van der Waals surface area contributed by atoms with Gasteiger partial charge in [-0.1, -0.05) is 13.8 Å². The minimum absolute atomic E-state index is 0.0365. The van der Waals surface area contributed by atoms with Crippen LogP contribution >= 0.6 is 0 Å². The lowest BCUT2D eigenvalue weighted by atomic mass is 10.2. The summed E-state index contributed by atoms with van der Waals surface area (Å²) in [6, 6.07) is 2.37. The molecule has 0 saturated carbocycles. The van der Waals surface area contributed by atoms with E-state index in [1.54, 1.807) is 0 Å². The maximum absolute atomic E-state index is 13.3. The fourth-order valence-electron chi connectivity index (χ4n) is 1.46. The first-order chi connectivity index (χ1) is 9.88. The van der Waals surface area contributed by atoms with E-state index in [2.05, 4.69) is 16.0 Å². The molecule has 1 aromatic carbocycles. The minimum atomic E-state index is -0.627. The number of hydrogen-bond donors (Lipinski definition) is 3. The Bertz CT molecular complexity index is 507. The lowest BCUT2D eigenvalue weighted by Crippen LogP contribution is -2.42. The number of amides is 3. The lowest BCUT2D eigenvalue weighted by molar-refractivity contribution is -0.120. The van der Waals surface area contributed by atoms with Crippen LogP contribution in [0.5, 0.6) is 0 Å². The van der Waals surface area contributed by atoms with Crippen LogP contribution in [0.2, 0.25) is 0 Å². The highest BCUT2D eigenvalue weighted by molar-refractivity contribution is 5.83. The predicted octanol–water partition coefficient (Wildman–Crippen LogP) is 1.54. The average Bonchev–Trinajstić information content (AvgIpc) is 2.43. The summed E-state index contributed by atoms with van der Waals surface area (Å²) in [5.74, 6) is -1.18. The molecule has 0 spiro atoms.